The lowest BCUT2D eigenvalue weighted by atomic mass is 10.1. The number of ether oxygens (including phenoxy) is 2. The second-order valence-electron chi connectivity index (χ2n) is 4.66. The second-order valence-corrected chi connectivity index (χ2v) is 4.66. The summed E-state index contributed by atoms with van der Waals surface area (Å²) in [7, 11) is 0. The SMILES string of the molecule is CCC(C)C(=O)OCC(=O)OCCC(F)(F)C(F)(F)C(F)(F)F. The first-order chi connectivity index (χ1) is 10.3. The summed E-state index contributed by atoms with van der Waals surface area (Å²) in [5, 5.41) is 0. The Hall–Kier alpha value is -1.55. The first-order valence-electron chi connectivity index (χ1n) is 6.41. The smallest absolute Gasteiger partial charge is 0.459 e. The summed E-state index contributed by atoms with van der Waals surface area (Å²) in [6, 6.07) is 0. The van der Waals surface area contributed by atoms with Gasteiger partial charge < -0.3 is 9.47 Å². The van der Waals surface area contributed by atoms with Gasteiger partial charge in [-0.1, -0.05) is 13.8 Å². The highest BCUT2D eigenvalue weighted by Gasteiger charge is 2.72. The van der Waals surface area contributed by atoms with Gasteiger partial charge in [0, 0.05) is 0 Å². The molecule has 0 bridgehead atoms. The van der Waals surface area contributed by atoms with Gasteiger partial charge in [-0.15, -0.1) is 0 Å². The van der Waals surface area contributed by atoms with Crippen LogP contribution in [0, 0.1) is 5.92 Å². The topological polar surface area (TPSA) is 52.6 Å². The van der Waals surface area contributed by atoms with E-state index in [0.717, 1.165) is 0 Å². The average Bonchev–Trinajstić information content (AvgIpc) is 2.42. The van der Waals surface area contributed by atoms with Gasteiger partial charge in [0.2, 0.25) is 0 Å². The number of carbonyl (C=O) groups excluding carboxylic acids is 2. The van der Waals surface area contributed by atoms with Crippen molar-refractivity contribution in [2.45, 2.75) is 44.7 Å². The zero-order valence-electron chi connectivity index (χ0n) is 12.2. The van der Waals surface area contributed by atoms with Crippen molar-refractivity contribution in [3.05, 3.63) is 0 Å². The quantitative estimate of drug-likeness (QED) is 0.494. The molecule has 0 saturated carbocycles. The highest BCUT2D eigenvalue weighted by atomic mass is 19.4. The molecule has 0 aliphatic carbocycles. The van der Waals surface area contributed by atoms with Crippen molar-refractivity contribution in [1.82, 2.24) is 0 Å². The van der Waals surface area contributed by atoms with Gasteiger partial charge in [0.05, 0.1) is 18.9 Å². The fourth-order valence-corrected chi connectivity index (χ4v) is 1.14. The van der Waals surface area contributed by atoms with E-state index in [4.69, 9.17) is 0 Å². The van der Waals surface area contributed by atoms with Crippen LogP contribution in [0.1, 0.15) is 26.7 Å². The van der Waals surface area contributed by atoms with Gasteiger partial charge in [-0.2, -0.15) is 30.7 Å². The van der Waals surface area contributed by atoms with E-state index in [2.05, 4.69) is 9.47 Å². The normalized spacial score (nSPS) is 14.3. The Balaban J connectivity index is 4.34. The molecule has 0 fully saturated rings. The lowest BCUT2D eigenvalue weighted by molar-refractivity contribution is -0.356. The second kappa shape index (κ2) is 7.82. The highest BCUT2D eigenvalue weighted by Crippen LogP contribution is 2.47. The monoisotopic (exact) mass is 356 g/mol. The fraction of sp³-hybridized carbons (Fsp3) is 0.833. The fourth-order valence-electron chi connectivity index (χ4n) is 1.14. The number of alkyl halides is 7. The molecule has 0 radical (unpaired) electrons. The Bertz CT molecular complexity index is 420. The summed E-state index contributed by atoms with van der Waals surface area (Å²) in [6.07, 6.45) is -8.07. The molecule has 0 spiro atoms. The van der Waals surface area contributed by atoms with E-state index in [1.165, 1.54) is 6.92 Å². The molecule has 0 aromatic rings. The molecule has 4 nitrogen and oxygen atoms in total. The molecular weight excluding hydrogens is 341 g/mol. The van der Waals surface area contributed by atoms with E-state index in [-0.39, 0.29) is 0 Å². The number of carbonyl (C=O) groups is 2. The van der Waals surface area contributed by atoms with Crippen molar-refractivity contribution in [1.29, 1.82) is 0 Å². The molecule has 11 heteroatoms. The molecule has 0 aromatic carbocycles. The summed E-state index contributed by atoms with van der Waals surface area (Å²) >= 11 is 0. The molecular formula is C12H15F7O4. The van der Waals surface area contributed by atoms with Gasteiger partial charge >= 0.3 is 30.0 Å². The van der Waals surface area contributed by atoms with Crippen LogP contribution in [0.2, 0.25) is 0 Å². The molecule has 0 saturated heterocycles. The lowest BCUT2D eigenvalue weighted by Gasteiger charge is -2.27. The van der Waals surface area contributed by atoms with Crippen molar-refractivity contribution < 1.29 is 49.8 Å². The van der Waals surface area contributed by atoms with Gasteiger partial charge in [-0.25, -0.2) is 4.79 Å². The van der Waals surface area contributed by atoms with Crippen molar-refractivity contribution in [2.24, 2.45) is 5.92 Å². The Morgan fingerprint density at radius 1 is 1.00 bits per heavy atom. The first-order valence-corrected chi connectivity index (χ1v) is 6.41. The maximum atomic E-state index is 12.9. The first kappa shape index (κ1) is 21.4. The molecule has 1 unspecified atom stereocenters. The maximum Gasteiger partial charge on any atom is 0.459 e. The summed E-state index contributed by atoms with van der Waals surface area (Å²) in [4.78, 5) is 22.2. The average molecular weight is 356 g/mol. The van der Waals surface area contributed by atoms with Crippen LogP contribution in [0.5, 0.6) is 0 Å². The summed E-state index contributed by atoms with van der Waals surface area (Å²) in [5.41, 5.74) is 0. The standard InChI is InChI=1S/C12H15F7O4/c1-3-7(2)9(21)23-6-8(20)22-5-4-10(13,14)11(15,16)12(17,18)19/h7H,3-6H2,1-2H3. The number of esters is 2. The summed E-state index contributed by atoms with van der Waals surface area (Å²) in [5.74, 6) is -14.3. The van der Waals surface area contributed by atoms with Gasteiger partial charge in [0.1, 0.15) is 0 Å². The van der Waals surface area contributed by atoms with Crippen molar-refractivity contribution in [2.75, 3.05) is 13.2 Å². The van der Waals surface area contributed by atoms with Crippen LogP contribution < -0.4 is 0 Å². The van der Waals surface area contributed by atoms with Crippen LogP contribution in [0.25, 0.3) is 0 Å². The lowest BCUT2D eigenvalue weighted by Crippen LogP contribution is -2.52. The van der Waals surface area contributed by atoms with Crippen molar-refractivity contribution in [3.8, 4) is 0 Å². The van der Waals surface area contributed by atoms with Crippen molar-refractivity contribution >= 4 is 11.9 Å². The molecule has 0 aliphatic heterocycles. The van der Waals surface area contributed by atoms with Crippen LogP contribution in [-0.2, 0) is 19.1 Å². The van der Waals surface area contributed by atoms with Crippen LogP contribution in [0.15, 0.2) is 0 Å². The molecule has 0 amide bonds. The van der Waals surface area contributed by atoms with E-state index < -0.39 is 55.5 Å². The van der Waals surface area contributed by atoms with Gasteiger partial charge in [0.15, 0.2) is 6.61 Å². The third kappa shape index (κ3) is 5.87. The molecule has 23 heavy (non-hydrogen) atoms. The molecule has 0 aromatic heterocycles. The van der Waals surface area contributed by atoms with Crippen molar-refractivity contribution in [3.63, 3.8) is 0 Å². The van der Waals surface area contributed by atoms with Crippen LogP contribution >= 0.6 is 0 Å². The van der Waals surface area contributed by atoms with E-state index in [0.29, 0.717) is 6.42 Å². The van der Waals surface area contributed by atoms with Crippen LogP contribution in [0.4, 0.5) is 30.7 Å². The number of rotatable bonds is 8. The van der Waals surface area contributed by atoms with Gasteiger partial charge in [-0.3, -0.25) is 4.79 Å². The minimum atomic E-state index is -6.44. The molecule has 0 N–H and O–H groups in total. The van der Waals surface area contributed by atoms with E-state index >= 15 is 0 Å². The Labute approximate surface area is 126 Å². The highest BCUT2D eigenvalue weighted by molar-refractivity contribution is 5.77. The van der Waals surface area contributed by atoms with Gasteiger partial charge in [0.25, 0.3) is 0 Å². The summed E-state index contributed by atoms with van der Waals surface area (Å²) in [6.45, 7) is 0.809. The molecule has 136 valence electrons. The minimum absolute atomic E-state index is 0.409. The van der Waals surface area contributed by atoms with E-state index in [9.17, 15) is 40.3 Å². The predicted octanol–water partition coefficient (Wildman–Crippen LogP) is 3.34. The van der Waals surface area contributed by atoms with E-state index in [1.807, 2.05) is 0 Å². The Kier molecular flexibility index (Phi) is 7.29. The minimum Gasteiger partial charge on any atom is -0.463 e. The van der Waals surface area contributed by atoms with E-state index in [1.54, 1.807) is 6.92 Å². The molecule has 0 heterocycles. The zero-order chi connectivity index (χ0) is 18.5. The number of hydrogen-bond acceptors (Lipinski definition) is 4. The zero-order valence-corrected chi connectivity index (χ0v) is 12.2. The molecule has 1 atom stereocenters. The Morgan fingerprint density at radius 3 is 1.96 bits per heavy atom. The number of hydrogen-bond donors (Lipinski definition) is 0. The van der Waals surface area contributed by atoms with Crippen LogP contribution in [-0.4, -0.2) is 43.2 Å². The van der Waals surface area contributed by atoms with Gasteiger partial charge in [-0.05, 0) is 6.42 Å². The third-order valence-corrected chi connectivity index (χ3v) is 2.84. The predicted molar refractivity (Wildman–Crippen MR) is 61.9 cm³/mol. The maximum absolute atomic E-state index is 12.9. The van der Waals surface area contributed by atoms with Crippen LogP contribution in [0.3, 0.4) is 0 Å². The third-order valence-electron chi connectivity index (χ3n) is 2.84. The molecule has 0 aliphatic rings. The number of halogens is 7. The largest absolute Gasteiger partial charge is 0.463 e. The summed E-state index contributed by atoms with van der Waals surface area (Å²) < 4.78 is 94.8. The Morgan fingerprint density at radius 2 is 1.52 bits per heavy atom. The molecule has 0 rings (SSSR count).